The van der Waals surface area contributed by atoms with E-state index < -0.39 is 17.6 Å². The summed E-state index contributed by atoms with van der Waals surface area (Å²) >= 11 is 0. The quantitative estimate of drug-likeness (QED) is 0.495. The van der Waals surface area contributed by atoms with Gasteiger partial charge in [0.15, 0.2) is 11.6 Å². The van der Waals surface area contributed by atoms with Crippen molar-refractivity contribution >= 4 is 22.7 Å². The Labute approximate surface area is 196 Å². The minimum absolute atomic E-state index is 0.141. The zero-order valence-electron chi connectivity index (χ0n) is 18.8. The number of hydrogen-bond donors (Lipinski definition) is 1. The van der Waals surface area contributed by atoms with Gasteiger partial charge in [-0.2, -0.15) is 0 Å². The molecule has 0 aliphatic carbocycles. The number of carboxylic acids is 1. The molecule has 0 spiro atoms. The van der Waals surface area contributed by atoms with E-state index >= 15 is 0 Å². The number of fused-ring (bicyclic) bond motifs is 1. The van der Waals surface area contributed by atoms with Crippen molar-refractivity contribution in [3.8, 4) is 11.1 Å². The van der Waals surface area contributed by atoms with Crippen LogP contribution in [0.15, 0.2) is 78.0 Å². The summed E-state index contributed by atoms with van der Waals surface area (Å²) < 4.78 is 1.12. The molecule has 1 fully saturated rings. The number of hydrogen-bond acceptors (Lipinski definition) is 6. The molecule has 1 unspecified atom stereocenters. The molecule has 1 atom stereocenters. The van der Waals surface area contributed by atoms with Gasteiger partial charge in [-0.3, -0.25) is 9.36 Å². The fourth-order valence-corrected chi connectivity index (χ4v) is 4.34. The molecule has 172 valence electrons. The van der Waals surface area contributed by atoms with Crippen molar-refractivity contribution < 1.29 is 9.90 Å². The van der Waals surface area contributed by atoms with E-state index in [-0.39, 0.29) is 5.52 Å². The Kier molecular flexibility index (Phi) is 5.81. The maximum Gasteiger partial charge on any atom is 0.331 e. The number of rotatable bonds is 5. The van der Waals surface area contributed by atoms with Gasteiger partial charge in [0, 0.05) is 43.6 Å². The van der Waals surface area contributed by atoms with Crippen LogP contribution in [-0.2, 0) is 4.79 Å². The second-order valence-electron chi connectivity index (χ2n) is 8.54. The number of anilines is 1. The molecule has 3 heterocycles. The Morgan fingerprint density at radius 3 is 2.32 bits per heavy atom. The smallest absolute Gasteiger partial charge is 0.331 e. The van der Waals surface area contributed by atoms with Crippen LogP contribution in [0.3, 0.4) is 0 Å². The van der Waals surface area contributed by atoms with Crippen LogP contribution in [0.1, 0.15) is 11.6 Å². The van der Waals surface area contributed by atoms with Gasteiger partial charge >= 0.3 is 5.97 Å². The first-order valence-electron chi connectivity index (χ1n) is 11.2. The highest BCUT2D eigenvalue weighted by Gasteiger charge is 2.24. The second-order valence-corrected chi connectivity index (χ2v) is 8.54. The van der Waals surface area contributed by atoms with Gasteiger partial charge in [-0.05, 0) is 36.4 Å². The number of benzene rings is 2. The van der Waals surface area contributed by atoms with E-state index in [9.17, 15) is 14.7 Å². The minimum atomic E-state index is -1.17. The Morgan fingerprint density at radius 1 is 0.941 bits per heavy atom. The summed E-state index contributed by atoms with van der Waals surface area (Å²) in [7, 11) is 2.14. The molecule has 1 saturated heterocycles. The van der Waals surface area contributed by atoms with E-state index in [2.05, 4.69) is 38.9 Å². The summed E-state index contributed by atoms with van der Waals surface area (Å²) in [5.41, 5.74) is 3.59. The van der Waals surface area contributed by atoms with Crippen LogP contribution in [0, 0.1) is 0 Å². The Hall–Kier alpha value is -4.04. The molecular weight excluding hydrogens is 430 g/mol. The average molecular weight is 456 g/mol. The normalized spacial score (nSPS) is 15.4. The number of nitrogens with zero attached hydrogens (tertiary/aromatic N) is 5. The van der Waals surface area contributed by atoms with Crippen molar-refractivity contribution in [3.63, 3.8) is 0 Å². The van der Waals surface area contributed by atoms with Gasteiger partial charge in [0.25, 0.3) is 5.56 Å². The lowest BCUT2D eigenvalue weighted by Gasteiger charge is -2.34. The maximum absolute atomic E-state index is 13.1. The van der Waals surface area contributed by atoms with Crippen LogP contribution < -0.4 is 10.5 Å². The first-order valence-corrected chi connectivity index (χ1v) is 11.2. The van der Waals surface area contributed by atoms with Gasteiger partial charge in [0.2, 0.25) is 0 Å². The first-order chi connectivity index (χ1) is 16.5. The zero-order chi connectivity index (χ0) is 23.7. The number of aliphatic carboxylic acids is 1. The van der Waals surface area contributed by atoms with Gasteiger partial charge in [-0.1, -0.05) is 42.5 Å². The van der Waals surface area contributed by atoms with E-state index in [1.54, 1.807) is 36.5 Å². The number of carboxylic acid groups (broad SMARTS) is 1. The average Bonchev–Trinajstić information content (AvgIpc) is 2.86. The van der Waals surface area contributed by atoms with Crippen LogP contribution in [0.2, 0.25) is 0 Å². The molecule has 8 nitrogen and oxygen atoms in total. The first kappa shape index (κ1) is 21.8. The monoisotopic (exact) mass is 455 g/mol. The van der Waals surface area contributed by atoms with Gasteiger partial charge in [0.05, 0.1) is 11.8 Å². The van der Waals surface area contributed by atoms with Crippen molar-refractivity contribution in [1.82, 2.24) is 19.4 Å². The van der Waals surface area contributed by atoms with Gasteiger partial charge in [0.1, 0.15) is 0 Å². The molecule has 8 heteroatoms. The maximum atomic E-state index is 13.1. The van der Waals surface area contributed by atoms with Crippen molar-refractivity contribution in [2.45, 2.75) is 6.04 Å². The van der Waals surface area contributed by atoms with E-state index in [0.29, 0.717) is 11.1 Å². The van der Waals surface area contributed by atoms with E-state index in [0.717, 1.165) is 41.9 Å². The number of piperazine rings is 1. The molecule has 5 rings (SSSR count). The number of likely N-dealkylation sites (N-methyl/N-ethyl adjacent to an activating group) is 1. The van der Waals surface area contributed by atoms with Crippen molar-refractivity contribution in [2.75, 3.05) is 38.1 Å². The molecule has 1 N–H and O–H groups in total. The van der Waals surface area contributed by atoms with Crippen LogP contribution in [0.25, 0.3) is 22.2 Å². The highest BCUT2D eigenvalue weighted by atomic mass is 16.4. The molecule has 2 aromatic carbocycles. The third-order valence-electron chi connectivity index (χ3n) is 6.32. The van der Waals surface area contributed by atoms with Crippen LogP contribution >= 0.6 is 0 Å². The molecule has 34 heavy (non-hydrogen) atoms. The molecule has 0 radical (unpaired) electrons. The lowest BCUT2D eigenvalue weighted by atomic mass is 10.1. The number of aromatic nitrogens is 3. The number of carbonyl (C=O) groups is 1. The SMILES string of the molecule is CN1CCN(c2ccc(-c3cnc4c(=O)n(C(C(=O)O)c5ccccc5)cnc4c3)cc2)CC1. The molecule has 4 aromatic rings. The lowest BCUT2D eigenvalue weighted by molar-refractivity contribution is -0.139. The summed E-state index contributed by atoms with van der Waals surface area (Å²) in [4.78, 5) is 38.5. The zero-order valence-corrected chi connectivity index (χ0v) is 18.8. The third-order valence-corrected chi connectivity index (χ3v) is 6.32. The highest BCUT2D eigenvalue weighted by Crippen LogP contribution is 2.25. The fraction of sp³-hybridized carbons (Fsp3) is 0.231. The highest BCUT2D eigenvalue weighted by molar-refractivity contribution is 5.81. The minimum Gasteiger partial charge on any atom is -0.479 e. The molecule has 2 aromatic heterocycles. The largest absolute Gasteiger partial charge is 0.479 e. The lowest BCUT2D eigenvalue weighted by Crippen LogP contribution is -2.44. The summed E-state index contributed by atoms with van der Waals surface area (Å²) in [5, 5.41) is 9.79. The third kappa shape index (κ3) is 4.15. The van der Waals surface area contributed by atoms with Crippen LogP contribution in [-0.4, -0.2) is 63.7 Å². The molecule has 0 saturated carbocycles. The van der Waals surface area contributed by atoms with Gasteiger partial charge in [-0.15, -0.1) is 0 Å². The van der Waals surface area contributed by atoms with Gasteiger partial charge in [-0.25, -0.2) is 14.8 Å². The Bertz CT molecular complexity index is 1380. The summed E-state index contributed by atoms with van der Waals surface area (Å²) in [5.74, 6) is -1.13. The number of pyridine rings is 1. The van der Waals surface area contributed by atoms with Crippen molar-refractivity contribution in [3.05, 3.63) is 89.1 Å². The predicted molar refractivity (Wildman–Crippen MR) is 131 cm³/mol. The van der Waals surface area contributed by atoms with Gasteiger partial charge < -0.3 is 14.9 Å². The topological polar surface area (TPSA) is 91.6 Å². The fourth-order valence-electron chi connectivity index (χ4n) is 4.34. The summed E-state index contributed by atoms with van der Waals surface area (Å²) in [6.07, 6.45) is 2.93. The second kappa shape index (κ2) is 9.07. The Morgan fingerprint density at radius 2 is 1.65 bits per heavy atom. The van der Waals surface area contributed by atoms with Crippen molar-refractivity contribution in [2.24, 2.45) is 0 Å². The van der Waals surface area contributed by atoms with Crippen molar-refractivity contribution in [1.29, 1.82) is 0 Å². The molecule has 0 amide bonds. The van der Waals surface area contributed by atoms with Crippen LogP contribution in [0.5, 0.6) is 0 Å². The summed E-state index contributed by atoms with van der Waals surface area (Å²) in [6.45, 7) is 4.10. The van der Waals surface area contributed by atoms with Crippen LogP contribution in [0.4, 0.5) is 5.69 Å². The standard InChI is InChI=1S/C26H25N5O3/c1-29-11-13-30(14-12-29)21-9-7-18(8-10-21)20-15-22-23(27-16-20)25(32)31(17-28-22)24(26(33)34)19-5-3-2-4-6-19/h2-10,15-17,24H,11-14H2,1H3,(H,33,34). The predicted octanol–water partition coefficient (Wildman–Crippen LogP) is 2.88. The molecule has 0 bridgehead atoms. The summed E-state index contributed by atoms with van der Waals surface area (Å²) in [6, 6.07) is 17.6. The van der Waals surface area contributed by atoms with E-state index in [1.807, 2.05) is 18.2 Å². The Balaban J connectivity index is 1.46. The van der Waals surface area contributed by atoms with E-state index in [4.69, 9.17) is 0 Å². The van der Waals surface area contributed by atoms with E-state index in [1.165, 1.54) is 12.0 Å². The molecule has 1 aliphatic rings. The molecular formula is C26H25N5O3. The molecule has 1 aliphatic heterocycles.